The van der Waals surface area contributed by atoms with Crippen LogP contribution in [-0.4, -0.2) is 26.8 Å². The minimum Gasteiger partial charge on any atom is -0.384 e. The molecule has 2 nitrogen and oxygen atoms in total. The van der Waals surface area contributed by atoms with Crippen LogP contribution in [0.4, 0.5) is 5.69 Å². The van der Waals surface area contributed by atoms with Gasteiger partial charge in [0.25, 0.3) is 0 Å². The second-order valence-electron chi connectivity index (χ2n) is 5.14. The summed E-state index contributed by atoms with van der Waals surface area (Å²) in [6, 6.07) is 6.55. The average Bonchev–Trinajstić information content (AvgIpc) is 2.40. The maximum atomic E-state index is 5.86. The number of hydrogen-bond donors (Lipinski definition) is 0. The Morgan fingerprint density at radius 3 is 2.61 bits per heavy atom. The van der Waals surface area contributed by atoms with Crippen molar-refractivity contribution in [3.63, 3.8) is 0 Å². The topological polar surface area (TPSA) is 12.5 Å². The molecule has 0 atom stereocenters. The molecule has 18 heavy (non-hydrogen) atoms. The van der Waals surface area contributed by atoms with Crippen molar-refractivity contribution < 1.29 is 4.74 Å². The number of nitrogens with zero attached hydrogens (tertiary/aromatic N) is 1. The first-order chi connectivity index (χ1) is 8.74. The van der Waals surface area contributed by atoms with Crippen LogP contribution in [0.25, 0.3) is 0 Å². The van der Waals surface area contributed by atoms with Crippen LogP contribution >= 0.6 is 11.6 Å². The summed E-state index contributed by atoms with van der Waals surface area (Å²) >= 11 is 5.86. The van der Waals surface area contributed by atoms with Crippen molar-refractivity contribution in [1.29, 1.82) is 0 Å². The molecule has 3 heteroatoms. The number of ether oxygens (including phenoxy) is 1. The van der Waals surface area contributed by atoms with Gasteiger partial charge in [-0.2, -0.15) is 0 Å². The zero-order chi connectivity index (χ0) is 13.0. The second kappa shape index (κ2) is 6.44. The van der Waals surface area contributed by atoms with E-state index in [1.807, 2.05) is 0 Å². The molecule has 1 aliphatic rings. The third-order valence-electron chi connectivity index (χ3n) is 3.77. The molecule has 1 aromatic rings. The first-order valence-corrected chi connectivity index (χ1v) is 7.17. The Hall–Kier alpha value is -0.730. The highest BCUT2D eigenvalue weighted by Gasteiger charge is 2.20. The van der Waals surface area contributed by atoms with Gasteiger partial charge >= 0.3 is 0 Å². The Kier molecular flexibility index (Phi) is 4.90. The highest BCUT2D eigenvalue weighted by molar-refractivity contribution is 6.17. The summed E-state index contributed by atoms with van der Waals surface area (Å²) in [5, 5.41) is 0. The van der Waals surface area contributed by atoms with E-state index in [0.717, 1.165) is 25.6 Å². The van der Waals surface area contributed by atoms with E-state index < -0.39 is 0 Å². The van der Waals surface area contributed by atoms with Crippen molar-refractivity contribution in [1.82, 2.24) is 0 Å². The molecule has 0 amide bonds. The summed E-state index contributed by atoms with van der Waals surface area (Å²) in [6.45, 7) is 5.34. The largest absolute Gasteiger partial charge is 0.384 e. The molecular formula is C15H22ClNO. The summed E-state index contributed by atoms with van der Waals surface area (Å²) in [4.78, 5) is 2.49. The molecule has 0 aliphatic carbocycles. The zero-order valence-corrected chi connectivity index (χ0v) is 12.0. The normalized spacial score (nSPS) is 17.2. The van der Waals surface area contributed by atoms with E-state index in [9.17, 15) is 0 Å². The van der Waals surface area contributed by atoms with Crippen LogP contribution in [0.3, 0.4) is 0 Å². The van der Waals surface area contributed by atoms with Gasteiger partial charge in [0.15, 0.2) is 0 Å². The van der Waals surface area contributed by atoms with E-state index >= 15 is 0 Å². The van der Waals surface area contributed by atoms with E-state index in [4.69, 9.17) is 16.3 Å². The summed E-state index contributed by atoms with van der Waals surface area (Å²) in [5.74, 6) is 1.32. The Balaban J connectivity index is 2.01. The van der Waals surface area contributed by atoms with Crippen molar-refractivity contribution in [2.45, 2.75) is 25.6 Å². The summed E-state index contributed by atoms with van der Waals surface area (Å²) < 4.78 is 5.24. The predicted molar refractivity (Wildman–Crippen MR) is 77.5 cm³/mol. The molecule has 1 aliphatic heterocycles. The molecule has 0 radical (unpaired) electrons. The second-order valence-corrected chi connectivity index (χ2v) is 5.41. The SMILES string of the molecule is COCC1CCN(c2ccc(CCl)cc2C)CC1. The first-order valence-electron chi connectivity index (χ1n) is 6.64. The number of halogens is 1. The molecule has 0 bridgehead atoms. The number of aryl methyl sites for hydroxylation is 1. The van der Waals surface area contributed by atoms with Gasteiger partial charge in [0.1, 0.15) is 0 Å². The number of benzene rings is 1. The number of alkyl halides is 1. The molecule has 1 saturated heterocycles. The maximum absolute atomic E-state index is 5.86. The molecule has 2 rings (SSSR count). The van der Waals surface area contributed by atoms with Crippen LogP contribution < -0.4 is 4.90 Å². The third kappa shape index (κ3) is 3.18. The molecule has 1 heterocycles. The molecule has 0 aromatic heterocycles. The van der Waals surface area contributed by atoms with Gasteiger partial charge in [-0.1, -0.05) is 12.1 Å². The molecule has 0 N–H and O–H groups in total. The molecular weight excluding hydrogens is 246 g/mol. The van der Waals surface area contributed by atoms with Crippen molar-refractivity contribution in [3.8, 4) is 0 Å². The van der Waals surface area contributed by atoms with Gasteiger partial charge in [-0.3, -0.25) is 0 Å². The maximum Gasteiger partial charge on any atom is 0.0491 e. The molecule has 100 valence electrons. The van der Waals surface area contributed by atoms with Crippen molar-refractivity contribution in [2.24, 2.45) is 5.92 Å². The summed E-state index contributed by atoms with van der Waals surface area (Å²) in [5.41, 5.74) is 3.89. The lowest BCUT2D eigenvalue weighted by Crippen LogP contribution is -2.35. The van der Waals surface area contributed by atoms with Gasteiger partial charge in [-0.25, -0.2) is 0 Å². The van der Waals surface area contributed by atoms with Crippen LogP contribution in [0.1, 0.15) is 24.0 Å². The fourth-order valence-electron chi connectivity index (χ4n) is 2.73. The summed E-state index contributed by atoms with van der Waals surface area (Å²) in [7, 11) is 1.79. The monoisotopic (exact) mass is 267 g/mol. The van der Waals surface area contributed by atoms with Crippen molar-refractivity contribution in [2.75, 3.05) is 31.7 Å². The number of anilines is 1. The van der Waals surface area contributed by atoms with Crippen LogP contribution in [0.15, 0.2) is 18.2 Å². The number of rotatable bonds is 4. The molecule has 1 aromatic carbocycles. The molecule has 1 fully saturated rings. The van der Waals surface area contributed by atoms with E-state index in [-0.39, 0.29) is 0 Å². The van der Waals surface area contributed by atoms with E-state index in [0.29, 0.717) is 5.88 Å². The predicted octanol–water partition coefficient (Wildman–Crippen LogP) is 3.60. The lowest BCUT2D eigenvalue weighted by atomic mass is 9.96. The average molecular weight is 268 g/mol. The van der Waals surface area contributed by atoms with Gasteiger partial charge in [0, 0.05) is 38.4 Å². The lowest BCUT2D eigenvalue weighted by molar-refractivity contribution is 0.139. The van der Waals surface area contributed by atoms with Crippen molar-refractivity contribution >= 4 is 17.3 Å². The van der Waals surface area contributed by atoms with Gasteiger partial charge in [0.2, 0.25) is 0 Å². The highest BCUT2D eigenvalue weighted by Crippen LogP contribution is 2.27. The van der Waals surface area contributed by atoms with E-state index in [1.54, 1.807) is 7.11 Å². The number of piperidine rings is 1. The third-order valence-corrected chi connectivity index (χ3v) is 4.08. The van der Waals surface area contributed by atoms with Crippen LogP contribution in [0.2, 0.25) is 0 Å². The van der Waals surface area contributed by atoms with E-state index in [2.05, 4.69) is 30.0 Å². The summed E-state index contributed by atoms with van der Waals surface area (Å²) in [6.07, 6.45) is 2.45. The smallest absolute Gasteiger partial charge is 0.0491 e. The van der Waals surface area contributed by atoms with Crippen LogP contribution in [-0.2, 0) is 10.6 Å². The minimum absolute atomic E-state index is 0.594. The number of methoxy groups -OCH3 is 1. The lowest BCUT2D eigenvalue weighted by Gasteiger charge is -2.34. The fraction of sp³-hybridized carbons (Fsp3) is 0.600. The van der Waals surface area contributed by atoms with Gasteiger partial charge in [0.05, 0.1) is 0 Å². The Morgan fingerprint density at radius 1 is 1.33 bits per heavy atom. The van der Waals surface area contributed by atoms with E-state index in [1.165, 1.54) is 29.7 Å². The Bertz CT molecular complexity index is 386. The van der Waals surface area contributed by atoms with Gasteiger partial charge in [-0.15, -0.1) is 11.6 Å². The standard InChI is InChI=1S/C15H22ClNO/c1-12-9-14(10-16)3-4-15(12)17-7-5-13(6-8-17)11-18-2/h3-4,9,13H,5-8,10-11H2,1-2H3. The Morgan fingerprint density at radius 2 is 2.06 bits per heavy atom. The quantitative estimate of drug-likeness (QED) is 0.773. The van der Waals surface area contributed by atoms with Gasteiger partial charge in [-0.05, 0) is 42.9 Å². The van der Waals surface area contributed by atoms with Gasteiger partial charge < -0.3 is 9.64 Å². The highest BCUT2D eigenvalue weighted by atomic mass is 35.5. The van der Waals surface area contributed by atoms with Crippen LogP contribution in [0, 0.1) is 12.8 Å². The number of hydrogen-bond acceptors (Lipinski definition) is 2. The Labute approximate surface area is 115 Å². The van der Waals surface area contributed by atoms with Crippen molar-refractivity contribution in [3.05, 3.63) is 29.3 Å². The zero-order valence-electron chi connectivity index (χ0n) is 11.3. The fourth-order valence-corrected chi connectivity index (χ4v) is 2.90. The first kappa shape index (κ1) is 13.7. The molecule has 0 spiro atoms. The molecule has 0 saturated carbocycles. The minimum atomic E-state index is 0.594. The van der Waals surface area contributed by atoms with Crippen LogP contribution in [0.5, 0.6) is 0 Å². The molecule has 0 unspecified atom stereocenters.